The first-order chi connectivity index (χ1) is 9.28. The van der Waals surface area contributed by atoms with Gasteiger partial charge < -0.3 is 10.1 Å². The summed E-state index contributed by atoms with van der Waals surface area (Å²) in [7, 11) is 0. The van der Waals surface area contributed by atoms with Crippen LogP contribution in [0, 0.1) is 5.92 Å². The molecule has 0 saturated heterocycles. The van der Waals surface area contributed by atoms with E-state index >= 15 is 0 Å². The normalized spacial score (nSPS) is 23.3. The summed E-state index contributed by atoms with van der Waals surface area (Å²) < 4.78 is 6.77. The third-order valence-corrected chi connectivity index (χ3v) is 4.58. The smallest absolute Gasteiger partial charge is 0.119 e. The summed E-state index contributed by atoms with van der Waals surface area (Å²) in [6.45, 7) is 1.61. The number of ether oxygens (including phenoxy) is 1. The number of benzene rings is 1. The summed E-state index contributed by atoms with van der Waals surface area (Å²) in [5, 5.41) is 3.57. The molecule has 1 aromatic carbocycles. The molecule has 0 amide bonds. The van der Waals surface area contributed by atoms with Crippen LogP contribution < -0.4 is 10.1 Å². The van der Waals surface area contributed by atoms with Gasteiger partial charge >= 0.3 is 0 Å². The molecule has 19 heavy (non-hydrogen) atoms. The van der Waals surface area contributed by atoms with Crippen molar-refractivity contribution in [3.8, 4) is 5.75 Å². The van der Waals surface area contributed by atoms with Gasteiger partial charge in [-0.2, -0.15) is 0 Å². The highest BCUT2D eigenvalue weighted by Gasteiger charge is 2.20. The molecule has 1 aliphatic rings. The fraction of sp³-hybridized carbons (Fsp3) is 0.600. The zero-order valence-electron chi connectivity index (χ0n) is 11.1. The molecule has 2 unspecified atom stereocenters. The van der Waals surface area contributed by atoms with E-state index in [2.05, 4.69) is 21.2 Å². The molecule has 1 saturated carbocycles. The maximum atomic E-state index is 5.94. The molecular weight excluding hydrogens is 326 g/mol. The molecule has 1 aliphatic carbocycles. The van der Waals surface area contributed by atoms with Crippen LogP contribution in [0.15, 0.2) is 28.7 Å². The highest BCUT2D eigenvalue weighted by atomic mass is 79.9. The average Bonchev–Trinajstić information content (AvgIpc) is 2.46. The molecule has 0 aliphatic heterocycles. The molecule has 0 aromatic heterocycles. The van der Waals surface area contributed by atoms with Gasteiger partial charge in [0.05, 0.1) is 0 Å². The van der Waals surface area contributed by atoms with Crippen molar-refractivity contribution in [1.29, 1.82) is 0 Å². The second-order valence-corrected chi connectivity index (χ2v) is 6.36. The van der Waals surface area contributed by atoms with Gasteiger partial charge in [-0.3, -0.25) is 0 Å². The lowest BCUT2D eigenvalue weighted by Gasteiger charge is -2.28. The minimum absolute atomic E-state index is 0.617. The van der Waals surface area contributed by atoms with E-state index in [1.807, 2.05) is 24.3 Å². The van der Waals surface area contributed by atoms with E-state index in [1.54, 1.807) is 0 Å². The standard InChI is InChI=1S/C15H21BrClNO/c16-13-4-6-15(7-5-13)19-9-8-18-14-3-1-2-12(10-14)11-17/h4-7,12,14,18H,1-3,8-11H2. The summed E-state index contributed by atoms with van der Waals surface area (Å²) in [5.41, 5.74) is 0. The van der Waals surface area contributed by atoms with Crippen LogP contribution in [0.1, 0.15) is 25.7 Å². The fourth-order valence-corrected chi connectivity index (χ4v) is 3.12. The second-order valence-electron chi connectivity index (χ2n) is 5.14. The number of hydrogen-bond acceptors (Lipinski definition) is 2. The monoisotopic (exact) mass is 345 g/mol. The Balaban J connectivity index is 1.62. The Bertz CT molecular complexity index is 371. The molecule has 2 atom stereocenters. The van der Waals surface area contributed by atoms with E-state index in [4.69, 9.17) is 16.3 Å². The number of halogens is 2. The Morgan fingerprint density at radius 3 is 2.79 bits per heavy atom. The van der Waals surface area contributed by atoms with Crippen molar-refractivity contribution in [2.75, 3.05) is 19.0 Å². The van der Waals surface area contributed by atoms with E-state index in [9.17, 15) is 0 Å². The Morgan fingerprint density at radius 1 is 1.26 bits per heavy atom. The molecule has 1 N–H and O–H groups in total. The second kappa shape index (κ2) is 8.13. The first kappa shape index (κ1) is 15.1. The van der Waals surface area contributed by atoms with Crippen LogP contribution in [0.2, 0.25) is 0 Å². The predicted octanol–water partition coefficient (Wildman–Crippen LogP) is 4.22. The minimum Gasteiger partial charge on any atom is -0.492 e. The summed E-state index contributed by atoms with van der Waals surface area (Å²) in [6, 6.07) is 8.57. The van der Waals surface area contributed by atoms with Gasteiger partial charge in [0.25, 0.3) is 0 Å². The first-order valence-corrected chi connectivity index (χ1v) is 8.28. The van der Waals surface area contributed by atoms with E-state index in [0.717, 1.165) is 22.6 Å². The Kier molecular flexibility index (Phi) is 6.48. The number of rotatable bonds is 6. The molecular formula is C15H21BrClNO. The van der Waals surface area contributed by atoms with Gasteiger partial charge in [0, 0.05) is 22.9 Å². The highest BCUT2D eigenvalue weighted by Crippen LogP contribution is 2.25. The fourth-order valence-electron chi connectivity index (χ4n) is 2.58. The molecule has 0 spiro atoms. The lowest BCUT2D eigenvalue weighted by atomic mass is 9.87. The highest BCUT2D eigenvalue weighted by molar-refractivity contribution is 9.10. The summed E-state index contributed by atoms with van der Waals surface area (Å²) >= 11 is 9.36. The van der Waals surface area contributed by atoms with E-state index in [0.29, 0.717) is 18.6 Å². The van der Waals surface area contributed by atoms with E-state index in [-0.39, 0.29) is 0 Å². The maximum absolute atomic E-state index is 5.94. The van der Waals surface area contributed by atoms with Crippen molar-refractivity contribution < 1.29 is 4.74 Å². The van der Waals surface area contributed by atoms with Crippen LogP contribution in [0.4, 0.5) is 0 Å². The van der Waals surface area contributed by atoms with Crippen molar-refractivity contribution in [3.05, 3.63) is 28.7 Å². The van der Waals surface area contributed by atoms with Crippen molar-refractivity contribution in [1.82, 2.24) is 5.32 Å². The Hall–Kier alpha value is -0.250. The third kappa shape index (κ3) is 5.33. The summed E-state index contributed by atoms with van der Waals surface area (Å²) in [6.07, 6.45) is 5.06. The quantitative estimate of drug-likeness (QED) is 0.615. The molecule has 106 valence electrons. The molecule has 0 radical (unpaired) electrons. The van der Waals surface area contributed by atoms with Gasteiger partial charge in [-0.1, -0.05) is 22.4 Å². The molecule has 1 aromatic rings. The number of hydrogen-bond donors (Lipinski definition) is 1. The van der Waals surface area contributed by atoms with Gasteiger partial charge in [-0.25, -0.2) is 0 Å². The lowest BCUT2D eigenvalue weighted by molar-refractivity contribution is 0.267. The lowest BCUT2D eigenvalue weighted by Crippen LogP contribution is -2.36. The predicted molar refractivity (Wildman–Crippen MR) is 84.1 cm³/mol. The zero-order valence-corrected chi connectivity index (χ0v) is 13.4. The van der Waals surface area contributed by atoms with Crippen LogP contribution in [-0.2, 0) is 0 Å². The molecule has 0 heterocycles. The van der Waals surface area contributed by atoms with Crippen molar-refractivity contribution in [2.24, 2.45) is 5.92 Å². The van der Waals surface area contributed by atoms with E-state index < -0.39 is 0 Å². The van der Waals surface area contributed by atoms with Gasteiger partial charge in [-0.15, -0.1) is 11.6 Å². The van der Waals surface area contributed by atoms with Crippen molar-refractivity contribution in [3.63, 3.8) is 0 Å². The van der Waals surface area contributed by atoms with Crippen molar-refractivity contribution >= 4 is 27.5 Å². The van der Waals surface area contributed by atoms with Crippen LogP contribution in [0.25, 0.3) is 0 Å². The van der Waals surface area contributed by atoms with Crippen LogP contribution in [-0.4, -0.2) is 25.1 Å². The molecule has 0 bridgehead atoms. The average molecular weight is 347 g/mol. The molecule has 4 heteroatoms. The molecule has 2 rings (SSSR count). The summed E-state index contributed by atoms with van der Waals surface area (Å²) in [4.78, 5) is 0. The van der Waals surface area contributed by atoms with Crippen LogP contribution >= 0.6 is 27.5 Å². The first-order valence-electron chi connectivity index (χ1n) is 6.95. The SMILES string of the molecule is ClCC1CCCC(NCCOc2ccc(Br)cc2)C1. The summed E-state index contributed by atoms with van der Waals surface area (Å²) in [5.74, 6) is 2.42. The minimum atomic E-state index is 0.617. The van der Waals surface area contributed by atoms with Crippen LogP contribution in [0.5, 0.6) is 5.75 Å². The molecule has 1 fully saturated rings. The maximum Gasteiger partial charge on any atom is 0.119 e. The zero-order chi connectivity index (χ0) is 13.5. The number of nitrogens with one attached hydrogen (secondary N) is 1. The number of alkyl halides is 1. The van der Waals surface area contributed by atoms with Gasteiger partial charge in [0.1, 0.15) is 12.4 Å². The van der Waals surface area contributed by atoms with Crippen molar-refractivity contribution in [2.45, 2.75) is 31.7 Å². The Morgan fingerprint density at radius 2 is 2.05 bits per heavy atom. The van der Waals surface area contributed by atoms with Gasteiger partial charge in [-0.05, 0) is 49.4 Å². The topological polar surface area (TPSA) is 21.3 Å². The Labute approximate surface area is 129 Å². The van der Waals surface area contributed by atoms with E-state index in [1.165, 1.54) is 25.7 Å². The van der Waals surface area contributed by atoms with Gasteiger partial charge in [0.15, 0.2) is 0 Å². The van der Waals surface area contributed by atoms with Gasteiger partial charge in [0.2, 0.25) is 0 Å². The third-order valence-electron chi connectivity index (χ3n) is 3.62. The molecule has 2 nitrogen and oxygen atoms in total. The largest absolute Gasteiger partial charge is 0.492 e. The van der Waals surface area contributed by atoms with Crippen LogP contribution in [0.3, 0.4) is 0 Å².